The van der Waals surface area contributed by atoms with Crippen LogP contribution in [0.3, 0.4) is 0 Å². The van der Waals surface area contributed by atoms with E-state index < -0.39 is 0 Å². The van der Waals surface area contributed by atoms with Crippen molar-refractivity contribution in [3.63, 3.8) is 0 Å². The van der Waals surface area contributed by atoms with Gasteiger partial charge in [0.05, 0.1) is 0 Å². The topological polar surface area (TPSA) is 20.2 Å². The van der Waals surface area contributed by atoms with Crippen LogP contribution in [0.2, 0.25) is 0 Å². The molecule has 26 valence electrons. The minimum atomic E-state index is 0. The molecule has 0 heterocycles. The zero-order valence-corrected chi connectivity index (χ0v) is 4.28. The van der Waals surface area contributed by atoms with E-state index in [0.717, 1.165) is 0 Å². The van der Waals surface area contributed by atoms with Crippen molar-refractivity contribution in [2.75, 3.05) is 6.61 Å². The summed E-state index contributed by atoms with van der Waals surface area (Å²) in [6.45, 7) is 3.04. The van der Waals surface area contributed by atoms with Gasteiger partial charge in [0.1, 0.15) is 0 Å². The van der Waals surface area contributed by atoms with Crippen LogP contribution in [-0.2, 0) is 21.1 Å². The van der Waals surface area contributed by atoms with Crippen molar-refractivity contribution in [3.05, 3.63) is 6.92 Å². The Morgan fingerprint density at radius 3 is 1.75 bits per heavy atom. The Kier molecular flexibility index (Phi) is 20.8. The maximum absolute atomic E-state index is 7.46. The van der Waals surface area contributed by atoms with Crippen LogP contribution >= 0.6 is 0 Å². The predicted molar refractivity (Wildman–Crippen MR) is 12.4 cm³/mol. The first kappa shape index (κ1) is 8.82. The second-order valence-electron chi connectivity index (χ2n) is 0.224. The number of rotatable bonds is 0. The molecular formula is C2H5MoO-. The van der Waals surface area contributed by atoms with Gasteiger partial charge >= 0.3 is 0 Å². The van der Waals surface area contributed by atoms with Crippen LogP contribution in [0.1, 0.15) is 0 Å². The Hall–Kier alpha value is 0.648. The molecule has 0 saturated carbocycles. The second kappa shape index (κ2) is 9.42. The summed E-state index contributed by atoms with van der Waals surface area (Å²) in [5, 5.41) is 7.46. The predicted octanol–water partition coefficient (Wildman–Crippen LogP) is -0.190. The Morgan fingerprint density at radius 2 is 1.75 bits per heavy atom. The maximum atomic E-state index is 7.46. The maximum Gasteiger partial charge on any atom is 0 e. The third-order valence-corrected chi connectivity index (χ3v) is 0. The van der Waals surface area contributed by atoms with E-state index in [1.54, 1.807) is 0 Å². The largest absolute Gasteiger partial charge is 0.428 e. The molecule has 0 aromatic rings. The molecule has 0 aliphatic heterocycles. The quantitative estimate of drug-likeness (QED) is 0.366. The fourth-order valence-corrected chi connectivity index (χ4v) is 0. The Bertz CT molecular complexity index is 6.00. The zero-order valence-electron chi connectivity index (χ0n) is 2.27. The van der Waals surface area contributed by atoms with Gasteiger partial charge < -0.3 is 12.0 Å². The Morgan fingerprint density at radius 1 is 1.75 bits per heavy atom. The van der Waals surface area contributed by atoms with Crippen LogP contribution < -0.4 is 0 Å². The van der Waals surface area contributed by atoms with Crippen molar-refractivity contribution in [2.45, 2.75) is 0 Å². The molecule has 1 nitrogen and oxygen atoms in total. The van der Waals surface area contributed by atoms with Gasteiger partial charge in [-0.05, 0) is 0 Å². The van der Waals surface area contributed by atoms with Gasteiger partial charge in [0.25, 0.3) is 0 Å². The van der Waals surface area contributed by atoms with E-state index in [4.69, 9.17) is 5.11 Å². The number of hydrogen-bond donors (Lipinski definition) is 1. The van der Waals surface area contributed by atoms with Crippen LogP contribution in [0.25, 0.3) is 0 Å². The van der Waals surface area contributed by atoms with Crippen molar-refractivity contribution < 1.29 is 26.2 Å². The van der Waals surface area contributed by atoms with Crippen molar-refractivity contribution in [3.8, 4) is 0 Å². The molecule has 0 rings (SSSR count). The van der Waals surface area contributed by atoms with Crippen molar-refractivity contribution in [1.82, 2.24) is 0 Å². The zero-order chi connectivity index (χ0) is 2.71. The molecule has 0 bridgehead atoms. The summed E-state index contributed by atoms with van der Waals surface area (Å²) >= 11 is 0. The van der Waals surface area contributed by atoms with Crippen molar-refractivity contribution in [2.24, 2.45) is 0 Å². The minimum Gasteiger partial charge on any atom is -0.428 e. The van der Waals surface area contributed by atoms with Crippen molar-refractivity contribution in [1.29, 1.82) is 0 Å². The molecule has 0 saturated heterocycles. The number of aliphatic hydroxyl groups is 1. The molecule has 0 spiro atoms. The van der Waals surface area contributed by atoms with E-state index in [-0.39, 0.29) is 27.7 Å². The van der Waals surface area contributed by atoms with Gasteiger partial charge in [-0.1, -0.05) is 6.61 Å². The van der Waals surface area contributed by atoms with Gasteiger partial charge in [0.2, 0.25) is 0 Å². The average molecular weight is 141 g/mol. The summed E-state index contributed by atoms with van der Waals surface area (Å²) in [5.41, 5.74) is 0. The average Bonchev–Trinajstić information content (AvgIpc) is 0.918. The molecule has 0 atom stereocenters. The van der Waals surface area contributed by atoms with Gasteiger partial charge in [0.15, 0.2) is 0 Å². The Balaban J connectivity index is 0. The Labute approximate surface area is 40.3 Å². The monoisotopic (exact) mass is 143 g/mol. The molecule has 4 heavy (non-hydrogen) atoms. The SMILES string of the molecule is [CH2-]CO.[Mo]. The van der Waals surface area contributed by atoms with E-state index in [9.17, 15) is 0 Å². The summed E-state index contributed by atoms with van der Waals surface area (Å²) in [6.07, 6.45) is 0. The molecule has 1 N–H and O–H groups in total. The third kappa shape index (κ3) is 17.1. The minimum absolute atomic E-state index is 0. The molecule has 0 radical (unpaired) electrons. The molecule has 0 amide bonds. The van der Waals surface area contributed by atoms with Gasteiger partial charge in [0, 0.05) is 21.1 Å². The fraction of sp³-hybridized carbons (Fsp3) is 0.500. The van der Waals surface area contributed by atoms with E-state index in [1.807, 2.05) is 0 Å². The van der Waals surface area contributed by atoms with Gasteiger partial charge in [-0.15, -0.1) is 0 Å². The second-order valence-corrected chi connectivity index (χ2v) is 0.224. The van der Waals surface area contributed by atoms with E-state index in [1.165, 1.54) is 0 Å². The van der Waals surface area contributed by atoms with Crippen molar-refractivity contribution >= 4 is 0 Å². The number of hydrogen-bond acceptors (Lipinski definition) is 1. The third-order valence-electron chi connectivity index (χ3n) is 0. The van der Waals surface area contributed by atoms with E-state index >= 15 is 0 Å². The van der Waals surface area contributed by atoms with Crippen LogP contribution in [0.15, 0.2) is 0 Å². The summed E-state index contributed by atoms with van der Waals surface area (Å²) in [4.78, 5) is 0. The molecule has 0 aromatic heterocycles. The number of aliphatic hydroxyl groups excluding tert-OH is 1. The van der Waals surface area contributed by atoms with E-state index in [2.05, 4.69) is 6.92 Å². The van der Waals surface area contributed by atoms with Crippen LogP contribution in [-0.4, -0.2) is 11.7 Å². The summed E-state index contributed by atoms with van der Waals surface area (Å²) in [6, 6.07) is 0. The summed E-state index contributed by atoms with van der Waals surface area (Å²) in [5.74, 6) is 0. The normalized spacial score (nSPS) is 4.50. The fourth-order valence-electron chi connectivity index (χ4n) is 0. The van der Waals surface area contributed by atoms with Crippen LogP contribution in [0.4, 0.5) is 0 Å². The molecule has 0 aliphatic carbocycles. The van der Waals surface area contributed by atoms with Gasteiger partial charge in [-0.2, -0.15) is 0 Å². The first-order chi connectivity index (χ1) is 1.41. The smallest absolute Gasteiger partial charge is 0 e. The van der Waals surface area contributed by atoms with Gasteiger partial charge in [-0.25, -0.2) is 0 Å². The first-order valence-corrected chi connectivity index (χ1v) is 0.816. The van der Waals surface area contributed by atoms with Gasteiger partial charge in [-0.3, -0.25) is 0 Å². The summed E-state index contributed by atoms with van der Waals surface area (Å²) in [7, 11) is 0. The molecule has 0 aliphatic rings. The molecule has 0 unspecified atom stereocenters. The standard InChI is InChI=1S/C2H5O.Mo/c1-2-3;/h3H,1-2H2;/q-1;. The first-order valence-electron chi connectivity index (χ1n) is 0.816. The van der Waals surface area contributed by atoms with Crippen LogP contribution in [0.5, 0.6) is 0 Å². The summed E-state index contributed by atoms with van der Waals surface area (Å²) < 4.78 is 0. The molecule has 0 aromatic carbocycles. The molecule has 2 heteroatoms. The molecular weight excluding hydrogens is 136 g/mol. The molecule has 0 fully saturated rings. The van der Waals surface area contributed by atoms with E-state index in [0.29, 0.717) is 0 Å². The van der Waals surface area contributed by atoms with Crippen LogP contribution in [0, 0.1) is 6.92 Å².